The zero-order valence-electron chi connectivity index (χ0n) is 14.1. The van der Waals surface area contributed by atoms with Crippen LogP contribution in [0.5, 0.6) is 0 Å². The van der Waals surface area contributed by atoms with Gasteiger partial charge in [0.1, 0.15) is 0 Å². The molecule has 2 aromatic carbocycles. The zero-order valence-corrected chi connectivity index (χ0v) is 14.1. The fourth-order valence-corrected chi connectivity index (χ4v) is 3.53. The van der Waals surface area contributed by atoms with Gasteiger partial charge in [0.15, 0.2) is 0 Å². The summed E-state index contributed by atoms with van der Waals surface area (Å²) < 4.78 is 0. The van der Waals surface area contributed by atoms with Gasteiger partial charge < -0.3 is 9.80 Å². The Balaban J connectivity index is 1.22. The average molecular weight is 316 g/mol. The van der Waals surface area contributed by atoms with Crippen molar-refractivity contribution in [1.29, 1.82) is 0 Å². The first-order valence-electron chi connectivity index (χ1n) is 8.89. The van der Waals surface area contributed by atoms with E-state index in [0.717, 1.165) is 26.2 Å². The molecule has 0 radical (unpaired) electrons. The van der Waals surface area contributed by atoms with Crippen molar-refractivity contribution in [3.63, 3.8) is 0 Å². The van der Waals surface area contributed by atoms with E-state index in [0.29, 0.717) is 0 Å². The van der Waals surface area contributed by atoms with Crippen LogP contribution in [0.3, 0.4) is 0 Å². The van der Waals surface area contributed by atoms with Crippen LogP contribution >= 0.6 is 0 Å². The Morgan fingerprint density at radius 3 is 1.58 bits per heavy atom. The van der Waals surface area contributed by atoms with Crippen molar-refractivity contribution in [2.45, 2.75) is 25.9 Å². The number of benzene rings is 2. The standard InChI is InChI=1S/C22H24N2/c1-3-9-21-17-23(15-11-19(21)7-1)13-5-6-14-24-16-12-20-8-2-4-10-22(20)18-24/h1-4,7-12,15-16H,5-6,13-14,17-18H2. The monoisotopic (exact) mass is 316 g/mol. The molecule has 2 heterocycles. The van der Waals surface area contributed by atoms with Crippen LogP contribution in [0.4, 0.5) is 0 Å². The molecule has 0 fully saturated rings. The molecule has 0 saturated carbocycles. The number of rotatable bonds is 5. The van der Waals surface area contributed by atoms with Crippen LogP contribution in [0.2, 0.25) is 0 Å². The molecule has 2 aliphatic rings. The predicted octanol–water partition coefficient (Wildman–Crippen LogP) is 4.74. The molecule has 24 heavy (non-hydrogen) atoms. The first-order valence-corrected chi connectivity index (χ1v) is 8.89. The van der Waals surface area contributed by atoms with Crippen molar-refractivity contribution in [3.8, 4) is 0 Å². The lowest BCUT2D eigenvalue weighted by molar-refractivity contribution is 0.320. The fraction of sp³-hybridized carbons (Fsp3) is 0.273. The molecular weight excluding hydrogens is 292 g/mol. The molecule has 0 aromatic heterocycles. The van der Waals surface area contributed by atoms with Crippen molar-refractivity contribution >= 4 is 12.2 Å². The molecule has 2 heteroatoms. The fourth-order valence-electron chi connectivity index (χ4n) is 3.53. The maximum Gasteiger partial charge on any atom is 0.0429 e. The van der Waals surface area contributed by atoms with Gasteiger partial charge in [-0.15, -0.1) is 0 Å². The van der Waals surface area contributed by atoms with Crippen LogP contribution in [0, 0.1) is 0 Å². The van der Waals surface area contributed by atoms with E-state index >= 15 is 0 Å². The molecule has 0 aliphatic carbocycles. The molecule has 4 rings (SSSR count). The summed E-state index contributed by atoms with van der Waals surface area (Å²) in [5.41, 5.74) is 5.61. The molecule has 0 spiro atoms. The lowest BCUT2D eigenvalue weighted by Crippen LogP contribution is -2.24. The summed E-state index contributed by atoms with van der Waals surface area (Å²) in [4.78, 5) is 4.87. The van der Waals surface area contributed by atoms with E-state index < -0.39 is 0 Å². The quantitative estimate of drug-likeness (QED) is 0.735. The minimum absolute atomic E-state index is 1.05. The lowest BCUT2D eigenvalue weighted by atomic mass is 10.0. The SMILES string of the molecule is C1=CN(CCCCN2C=Cc3ccccc3C2)Cc2ccccc21. The number of nitrogens with zero attached hydrogens (tertiary/aromatic N) is 2. The Labute approximate surface area is 144 Å². The third kappa shape index (κ3) is 3.38. The van der Waals surface area contributed by atoms with E-state index in [2.05, 4.69) is 82.9 Å². The lowest BCUT2D eigenvalue weighted by Gasteiger charge is -2.27. The van der Waals surface area contributed by atoms with E-state index in [1.54, 1.807) is 0 Å². The number of fused-ring (bicyclic) bond motifs is 2. The van der Waals surface area contributed by atoms with Crippen molar-refractivity contribution < 1.29 is 0 Å². The van der Waals surface area contributed by atoms with Gasteiger partial charge in [-0.05, 0) is 59.6 Å². The van der Waals surface area contributed by atoms with Gasteiger partial charge in [0.25, 0.3) is 0 Å². The molecule has 0 saturated heterocycles. The van der Waals surface area contributed by atoms with Crippen LogP contribution in [-0.4, -0.2) is 22.9 Å². The second kappa shape index (κ2) is 6.96. The van der Waals surface area contributed by atoms with Crippen molar-refractivity contribution in [3.05, 3.63) is 83.2 Å². The second-order valence-electron chi connectivity index (χ2n) is 6.68. The molecule has 0 atom stereocenters. The number of unbranched alkanes of at least 4 members (excludes halogenated alkanes) is 1. The smallest absolute Gasteiger partial charge is 0.0429 e. The van der Waals surface area contributed by atoms with Gasteiger partial charge in [0, 0.05) is 26.2 Å². The molecule has 122 valence electrons. The van der Waals surface area contributed by atoms with Crippen LogP contribution in [0.25, 0.3) is 12.2 Å². The first-order chi connectivity index (χ1) is 11.9. The summed E-state index contributed by atoms with van der Waals surface area (Å²) in [5, 5.41) is 0. The Kier molecular flexibility index (Phi) is 4.37. The maximum absolute atomic E-state index is 2.43. The third-order valence-corrected chi connectivity index (χ3v) is 4.93. The highest BCUT2D eigenvalue weighted by molar-refractivity contribution is 5.56. The Morgan fingerprint density at radius 2 is 1.08 bits per heavy atom. The van der Waals surface area contributed by atoms with Gasteiger partial charge in [0.05, 0.1) is 0 Å². The zero-order chi connectivity index (χ0) is 16.2. The normalized spacial score (nSPS) is 15.3. The van der Waals surface area contributed by atoms with Gasteiger partial charge in [-0.25, -0.2) is 0 Å². The summed E-state index contributed by atoms with van der Waals surface area (Å²) in [7, 11) is 0. The summed E-state index contributed by atoms with van der Waals surface area (Å²) in [6.45, 7) is 4.37. The van der Waals surface area contributed by atoms with E-state index in [1.165, 1.54) is 35.1 Å². The van der Waals surface area contributed by atoms with Crippen molar-refractivity contribution in [2.24, 2.45) is 0 Å². The molecule has 2 nitrogen and oxygen atoms in total. The van der Waals surface area contributed by atoms with E-state index in [4.69, 9.17) is 0 Å². The Hall–Kier alpha value is -2.48. The van der Waals surface area contributed by atoms with Crippen LogP contribution in [0.1, 0.15) is 35.1 Å². The molecule has 0 unspecified atom stereocenters. The number of hydrogen-bond donors (Lipinski definition) is 0. The van der Waals surface area contributed by atoms with Crippen LogP contribution in [-0.2, 0) is 13.1 Å². The molecule has 0 bridgehead atoms. The van der Waals surface area contributed by atoms with Gasteiger partial charge >= 0.3 is 0 Å². The first kappa shape index (κ1) is 15.1. The second-order valence-corrected chi connectivity index (χ2v) is 6.68. The predicted molar refractivity (Wildman–Crippen MR) is 101 cm³/mol. The highest BCUT2D eigenvalue weighted by atomic mass is 15.1. The van der Waals surface area contributed by atoms with Gasteiger partial charge in [0.2, 0.25) is 0 Å². The Morgan fingerprint density at radius 1 is 0.625 bits per heavy atom. The van der Waals surface area contributed by atoms with E-state index in [1.807, 2.05) is 0 Å². The van der Waals surface area contributed by atoms with Crippen LogP contribution in [0.15, 0.2) is 60.9 Å². The Bertz CT molecular complexity index is 695. The molecule has 2 aliphatic heterocycles. The minimum atomic E-state index is 1.05. The topological polar surface area (TPSA) is 6.48 Å². The summed E-state index contributed by atoms with van der Waals surface area (Å²) in [6.07, 6.45) is 11.4. The van der Waals surface area contributed by atoms with Gasteiger partial charge in [-0.2, -0.15) is 0 Å². The average Bonchev–Trinajstić information content (AvgIpc) is 2.65. The van der Waals surface area contributed by atoms with E-state index in [-0.39, 0.29) is 0 Å². The summed E-state index contributed by atoms with van der Waals surface area (Å²) >= 11 is 0. The largest absolute Gasteiger partial charge is 0.373 e. The highest BCUT2D eigenvalue weighted by Gasteiger charge is 2.11. The molecule has 0 amide bonds. The highest BCUT2D eigenvalue weighted by Crippen LogP contribution is 2.21. The molecule has 2 aromatic rings. The third-order valence-electron chi connectivity index (χ3n) is 4.93. The summed E-state index contributed by atoms with van der Waals surface area (Å²) in [6, 6.07) is 17.4. The summed E-state index contributed by atoms with van der Waals surface area (Å²) in [5.74, 6) is 0. The van der Waals surface area contributed by atoms with Crippen molar-refractivity contribution in [2.75, 3.05) is 13.1 Å². The van der Waals surface area contributed by atoms with Crippen molar-refractivity contribution in [1.82, 2.24) is 9.80 Å². The van der Waals surface area contributed by atoms with Gasteiger partial charge in [-0.3, -0.25) is 0 Å². The molecular formula is C22H24N2. The van der Waals surface area contributed by atoms with E-state index in [9.17, 15) is 0 Å². The van der Waals surface area contributed by atoms with Crippen LogP contribution < -0.4 is 0 Å². The minimum Gasteiger partial charge on any atom is -0.373 e. The van der Waals surface area contributed by atoms with Gasteiger partial charge in [-0.1, -0.05) is 48.5 Å². The molecule has 0 N–H and O–H groups in total. The maximum atomic E-state index is 2.43. The number of hydrogen-bond acceptors (Lipinski definition) is 2.